The zero-order valence-electron chi connectivity index (χ0n) is 35.1. The van der Waals surface area contributed by atoms with E-state index in [0.29, 0.717) is 27.8 Å². The summed E-state index contributed by atoms with van der Waals surface area (Å²) in [5.74, 6) is 2.01. The minimum absolute atomic E-state index is 0.0533. The Bertz CT molecular complexity index is 2550. The summed E-state index contributed by atoms with van der Waals surface area (Å²) >= 11 is 0. The lowest BCUT2D eigenvalue weighted by Crippen LogP contribution is -1.93. The molecular weight excluding hydrogens is 753 g/mol. The van der Waals surface area contributed by atoms with Gasteiger partial charge in [0.25, 0.3) is 0 Å². The van der Waals surface area contributed by atoms with Crippen molar-refractivity contribution in [1.82, 2.24) is 0 Å². The highest BCUT2D eigenvalue weighted by molar-refractivity contribution is 6.02. The van der Waals surface area contributed by atoms with E-state index < -0.39 is 0 Å². The number of rotatable bonds is 9. The number of carbonyl (C=O) groups excluding carboxylic acids is 6. The van der Waals surface area contributed by atoms with Gasteiger partial charge in [-0.2, -0.15) is 0 Å². The van der Waals surface area contributed by atoms with Crippen LogP contribution in [0.2, 0.25) is 0 Å². The van der Waals surface area contributed by atoms with Gasteiger partial charge in [-0.15, -0.1) is 0 Å². The van der Waals surface area contributed by atoms with Crippen molar-refractivity contribution in [3.63, 3.8) is 0 Å². The third kappa shape index (κ3) is 12.8. The third-order valence-electron chi connectivity index (χ3n) is 9.52. The maximum atomic E-state index is 11.2. The van der Waals surface area contributed by atoms with Crippen molar-refractivity contribution in [2.75, 3.05) is 14.2 Å². The fraction of sp³-hybridized carbons (Fsp3) is 0.154. The average molecular weight is 801 g/mol. The van der Waals surface area contributed by atoms with Crippen molar-refractivity contribution in [1.29, 1.82) is 0 Å². The van der Waals surface area contributed by atoms with Crippen LogP contribution in [0.4, 0.5) is 0 Å². The van der Waals surface area contributed by atoms with Gasteiger partial charge < -0.3 is 9.47 Å². The van der Waals surface area contributed by atoms with E-state index in [1.807, 2.05) is 109 Å². The van der Waals surface area contributed by atoms with Gasteiger partial charge in [-0.3, -0.25) is 28.8 Å². The Hall–Kier alpha value is -7.32. The van der Waals surface area contributed by atoms with Crippen LogP contribution < -0.4 is 9.47 Å². The predicted molar refractivity (Wildman–Crippen MR) is 239 cm³/mol. The van der Waals surface area contributed by atoms with Gasteiger partial charge in [-0.05, 0) is 129 Å². The van der Waals surface area contributed by atoms with E-state index in [9.17, 15) is 28.8 Å². The Morgan fingerprint density at radius 1 is 0.283 bits per heavy atom. The van der Waals surface area contributed by atoms with E-state index in [4.69, 9.17) is 9.47 Å². The molecule has 0 spiro atoms. The van der Waals surface area contributed by atoms with Crippen LogP contribution in [0.5, 0.6) is 11.5 Å². The molecule has 0 aliphatic rings. The molecule has 0 fully saturated rings. The molecule has 60 heavy (non-hydrogen) atoms. The van der Waals surface area contributed by atoms with Gasteiger partial charge in [-0.25, -0.2) is 0 Å². The minimum Gasteiger partial charge on any atom is -0.497 e. The molecule has 304 valence electrons. The maximum absolute atomic E-state index is 11.2. The van der Waals surface area contributed by atoms with E-state index in [-0.39, 0.29) is 34.7 Å². The summed E-state index contributed by atoms with van der Waals surface area (Å²) < 4.78 is 10.1. The summed E-state index contributed by atoms with van der Waals surface area (Å²) in [6.45, 7) is 9.32. The van der Waals surface area contributed by atoms with E-state index >= 15 is 0 Å². The topological polar surface area (TPSA) is 121 Å². The number of Topliss-reactive ketones (excluding diaryl/α,β-unsaturated/α-hetero) is 6. The summed E-state index contributed by atoms with van der Waals surface area (Å²) in [6, 6.07) is 44.5. The van der Waals surface area contributed by atoms with Crippen LogP contribution in [0, 0.1) is 0 Å². The maximum Gasteiger partial charge on any atom is 0.159 e. The molecule has 0 aliphatic carbocycles. The number of fused-ring (bicyclic) bond motifs is 2. The molecule has 7 aromatic rings. The zero-order chi connectivity index (χ0) is 43.9. The van der Waals surface area contributed by atoms with Crippen LogP contribution in [0.1, 0.15) is 104 Å². The number of carbonyl (C=O) groups is 6. The number of methoxy groups -OCH3 is 2. The van der Waals surface area contributed by atoms with Gasteiger partial charge in [-0.1, -0.05) is 91.0 Å². The molecule has 0 amide bonds. The monoisotopic (exact) mass is 800 g/mol. The molecule has 0 aliphatic heterocycles. The number of hydrogen-bond donors (Lipinski definition) is 0. The Balaban J connectivity index is 0.000000179. The quantitative estimate of drug-likeness (QED) is 0.132. The molecular formula is C52H48O8. The first-order chi connectivity index (χ1) is 28.6. The SMILES string of the molecule is CC(=O)c1ccc(-c2ccc(C(C)=O)cc2)cc1.CC(=O)c1ccc2cc(C(C)=O)ccc2c1.COc1ccc(C(C)=O)cc1.COc1ccc2cc(C(C)=O)ccc2c1. The summed E-state index contributed by atoms with van der Waals surface area (Å²) in [4.78, 5) is 66.8. The highest BCUT2D eigenvalue weighted by Crippen LogP contribution is 2.23. The minimum atomic E-state index is 0.0533. The van der Waals surface area contributed by atoms with Crippen LogP contribution in [0.25, 0.3) is 32.7 Å². The Kier molecular flexibility index (Phi) is 16.2. The molecule has 0 N–H and O–H groups in total. The molecule has 0 aromatic heterocycles. The number of hydrogen-bond acceptors (Lipinski definition) is 8. The van der Waals surface area contributed by atoms with E-state index in [1.165, 1.54) is 0 Å². The normalized spacial score (nSPS) is 10.1. The fourth-order valence-electron chi connectivity index (χ4n) is 5.87. The zero-order valence-corrected chi connectivity index (χ0v) is 35.1. The first kappa shape index (κ1) is 45.4. The molecule has 0 atom stereocenters. The van der Waals surface area contributed by atoms with E-state index in [2.05, 4.69) is 0 Å². The van der Waals surface area contributed by atoms with Gasteiger partial charge in [0.2, 0.25) is 0 Å². The van der Waals surface area contributed by atoms with Crippen LogP contribution in [-0.4, -0.2) is 48.9 Å². The van der Waals surface area contributed by atoms with Crippen LogP contribution in [-0.2, 0) is 0 Å². The van der Waals surface area contributed by atoms with Crippen LogP contribution in [0.3, 0.4) is 0 Å². The van der Waals surface area contributed by atoms with Crippen LogP contribution >= 0.6 is 0 Å². The van der Waals surface area contributed by atoms with Crippen molar-refractivity contribution in [3.05, 3.63) is 179 Å². The number of benzene rings is 7. The first-order valence-electron chi connectivity index (χ1n) is 19.1. The van der Waals surface area contributed by atoms with Crippen molar-refractivity contribution in [2.45, 2.75) is 41.5 Å². The molecule has 0 saturated heterocycles. The Labute approximate surface area is 350 Å². The Morgan fingerprint density at radius 2 is 0.517 bits per heavy atom. The first-order valence-corrected chi connectivity index (χ1v) is 19.1. The number of ketones is 6. The standard InChI is InChI=1S/C16H14O2.C14H12O2.C13H12O2.C9H10O2/c1-11(17)13-3-7-15(8-4-13)16-9-5-14(6-10-16)12(2)18;1-9(15)11-3-5-14-8-12(10(2)16)4-6-13(14)7-11;1-9(14)10-3-4-12-8-13(15-2)6-5-11(12)7-10;1-7(10)8-3-5-9(11-2)6-4-8/h3-10H,1-2H3;3-8H,1-2H3;3-8H,1-2H3;3-6H,1-2H3. The molecule has 7 aromatic carbocycles. The second-order valence-corrected chi connectivity index (χ2v) is 13.9. The largest absolute Gasteiger partial charge is 0.497 e. The highest BCUT2D eigenvalue weighted by atomic mass is 16.5. The molecule has 0 heterocycles. The molecule has 0 radical (unpaired) electrons. The van der Waals surface area contributed by atoms with E-state index in [1.54, 1.807) is 92.2 Å². The summed E-state index contributed by atoms with van der Waals surface area (Å²) in [6.07, 6.45) is 0. The summed E-state index contributed by atoms with van der Waals surface area (Å²) in [7, 11) is 3.24. The molecule has 8 heteroatoms. The summed E-state index contributed by atoms with van der Waals surface area (Å²) in [5, 5.41) is 4.11. The fourth-order valence-corrected chi connectivity index (χ4v) is 5.87. The van der Waals surface area contributed by atoms with Crippen LogP contribution in [0.15, 0.2) is 146 Å². The lowest BCUT2D eigenvalue weighted by atomic mass is 10.0. The van der Waals surface area contributed by atoms with Gasteiger partial charge in [0.15, 0.2) is 34.7 Å². The second-order valence-electron chi connectivity index (χ2n) is 13.9. The van der Waals surface area contributed by atoms with Gasteiger partial charge in [0.1, 0.15) is 11.5 Å². The van der Waals surface area contributed by atoms with Crippen molar-refractivity contribution in [2.24, 2.45) is 0 Å². The molecule has 8 nitrogen and oxygen atoms in total. The second kappa shape index (κ2) is 21.4. The molecule has 0 unspecified atom stereocenters. The molecule has 7 rings (SSSR count). The highest BCUT2D eigenvalue weighted by Gasteiger charge is 2.06. The lowest BCUT2D eigenvalue weighted by molar-refractivity contribution is 0.100. The van der Waals surface area contributed by atoms with Crippen molar-refractivity contribution >= 4 is 56.2 Å². The Morgan fingerprint density at radius 3 is 0.800 bits per heavy atom. The summed E-state index contributed by atoms with van der Waals surface area (Å²) in [5.41, 5.74) is 6.34. The number of ether oxygens (including phenoxy) is 2. The van der Waals surface area contributed by atoms with E-state index in [0.717, 1.165) is 49.7 Å². The molecule has 0 bridgehead atoms. The smallest absolute Gasteiger partial charge is 0.159 e. The predicted octanol–water partition coefficient (Wildman–Crippen LogP) is 12.0. The van der Waals surface area contributed by atoms with Gasteiger partial charge in [0.05, 0.1) is 14.2 Å². The molecule has 0 saturated carbocycles. The van der Waals surface area contributed by atoms with Crippen molar-refractivity contribution in [3.8, 4) is 22.6 Å². The average Bonchev–Trinajstić information content (AvgIpc) is 3.26. The van der Waals surface area contributed by atoms with Crippen molar-refractivity contribution < 1.29 is 38.2 Å². The van der Waals surface area contributed by atoms with Gasteiger partial charge in [0, 0.05) is 33.4 Å². The lowest BCUT2D eigenvalue weighted by Gasteiger charge is -2.03. The van der Waals surface area contributed by atoms with Gasteiger partial charge >= 0.3 is 0 Å². The third-order valence-corrected chi connectivity index (χ3v) is 9.52.